The Morgan fingerprint density at radius 3 is 2.50 bits per heavy atom. The lowest BCUT2D eigenvalue weighted by molar-refractivity contribution is -0.777. The summed E-state index contributed by atoms with van der Waals surface area (Å²) in [4.78, 5) is 33.6. The van der Waals surface area contributed by atoms with Gasteiger partial charge in [-0.05, 0) is 35.2 Å². The number of benzene rings is 2. The van der Waals surface area contributed by atoms with Crippen LogP contribution in [0.1, 0.15) is 48.6 Å². The maximum atomic E-state index is 12.9. The smallest absolute Gasteiger partial charge is 0.360 e. The van der Waals surface area contributed by atoms with E-state index < -0.39 is 17.3 Å². The molecule has 0 spiro atoms. The first-order valence-electron chi connectivity index (χ1n) is 12.0. The lowest BCUT2D eigenvalue weighted by Crippen LogP contribution is -2.23. The van der Waals surface area contributed by atoms with Gasteiger partial charge in [-0.1, -0.05) is 73.5 Å². The van der Waals surface area contributed by atoms with Gasteiger partial charge in [0.15, 0.2) is 10.8 Å². The predicted octanol–water partition coefficient (Wildman–Crippen LogP) is 4.50. The minimum atomic E-state index is -1.40. The molecule has 2 heterocycles. The minimum absolute atomic E-state index is 0.0136. The Morgan fingerprint density at radius 1 is 1.16 bits per heavy atom. The fourth-order valence-electron chi connectivity index (χ4n) is 4.00. The highest BCUT2D eigenvalue weighted by atomic mass is 35.5. The van der Waals surface area contributed by atoms with Crippen LogP contribution in [0.5, 0.6) is 0 Å². The molecule has 0 aliphatic rings. The van der Waals surface area contributed by atoms with Gasteiger partial charge in [-0.3, -0.25) is 4.84 Å². The molecular weight excluding hydrogens is 514 g/mol. The van der Waals surface area contributed by atoms with Crippen molar-refractivity contribution in [3.05, 3.63) is 80.9 Å². The second-order valence-electron chi connectivity index (χ2n) is 8.50. The van der Waals surface area contributed by atoms with Crippen molar-refractivity contribution in [3.8, 4) is 22.5 Å². The van der Waals surface area contributed by atoms with Crippen molar-refractivity contribution in [3.63, 3.8) is 0 Å². The van der Waals surface area contributed by atoms with E-state index in [4.69, 9.17) is 16.3 Å². The zero-order chi connectivity index (χ0) is 27.2. The summed E-state index contributed by atoms with van der Waals surface area (Å²) >= 11 is 6.34. The summed E-state index contributed by atoms with van der Waals surface area (Å²) < 4.78 is 6.78. The van der Waals surface area contributed by atoms with Crippen LogP contribution in [0.25, 0.3) is 22.5 Å². The summed E-state index contributed by atoms with van der Waals surface area (Å²) in [5, 5.41) is 21.9. The topological polar surface area (TPSA) is 140 Å². The van der Waals surface area contributed by atoms with E-state index in [0.29, 0.717) is 24.6 Å². The molecule has 198 valence electrons. The highest BCUT2D eigenvalue weighted by Gasteiger charge is 2.26. The Bertz CT molecular complexity index is 1430. The maximum absolute atomic E-state index is 12.9. The molecule has 0 saturated carbocycles. The van der Waals surface area contributed by atoms with Gasteiger partial charge in [-0.25, -0.2) is 9.78 Å². The predicted molar refractivity (Wildman–Crippen MR) is 138 cm³/mol. The molecule has 2 aromatic heterocycles. The number of carbonyl (C=O) groups is 1. The van der Waals surface area contributed by atoms with E-state index in [1.54, 1.807) is 11.6 Å². The summed E-state index contributed by atoms with van der Waals surface area (Å²) in [7, 11) is 1.71. The number of aryl methyl sites for hydroxylation is 2. The van der Waals surface area contributed by atoms with Crippen LogP contribution < -0.4 is 0 Å². The molecule has 1 atom stereocenters. The molecule has 0 amide bonds. The molecule has 1 unspecified atom stereocenters. The first-order valence-corrected chi connectivity index (χ1v) is 12.3. The third kappa shape index (κ3) is 6.14. The highest BCUT2D eigenvalue weighted by Crippen LogP contribution is 2.30. The average molecular weight is 540 g/mol. The van der Waals surface area contributed by atoms with Crippen molar-refractivity contribution in [2.75, 3.05) is 0 Å². The molecule has 4 aromatic rings. The Labute approximate surface area is 223 Å². The van der Waals surface area contributed by atoms with Gasteiger partial charge < -0.3 is 9.30 Å². The van der Waals surface area contributed by atoms with Gasteiger partial charge in [0.05, 0.1) is 7.05 Å². The van der Waals surface area contributed by atoms with Crippen LogP contribution >= 0.6 is 11.6 Å². The zero-order valence-corrected chi connectivity index (χ0v) is 21.8. The van der Waals surface area contributed by atoms with Crippen molar-refractivity contribution in [2.24, 2.45) is 7.05 Å². The maximum Gasteiger partial charge on any atom is 0.360 e. The SMILES string of the molecule is CCCCc1nc(Cl)c(C(=O)OC(C)O[N+](=O)[O-])n1Cc1ccc(-c2ccccc2-c2nnn(C)n2)cc1. The highest BCUT2D eigenvalue weighted by molar-refractivity contribution is 6.32. The summed E-state index contributed by atoms with van der Waals surface area (Å²) in [5.74, 6) is 0.288. The number of tetrazole rings is 1. The van der Waals surface area contributed by atoms with Crippen molar-refractivity contribution in [1.29, 1.82) is 0 Å². The van der Waals surface area contributed by atoms with Crippen molar-refractivity contribution < 1.29 is 19.5 Å². The average Bonchev–Trinajstić information content (AvgIpc) is 3.45. The third-order valence-corrected chi connectivity index (χ3v) is 6.00. The Hall–Kier alpha value is -4.32. The Kier molecular flexibility index (Phi) is 8.31. The van der Waals surface area contributed by atoms with Gasteiger partial charge in [0.1, 0.15) is 5.82 Å². The fraction of sp³-hybridized carbons (Fsp3) is 0.320. The molecule has 0 bridgehead atoms. The van der Waals surface area contributed by atoms with Gasteiger partial charge in [-0.2, -0.15) is 4.80 Å². The summed E-state index contributed by atoms with van der Waals surface area (Å²) in [6.45, 7) is 3.59. The van der Waals surface area contributed by atoms with Crippen LogP contribution in [0.2, 0.25) is 5.15 Å². The van der Waals surface area contributed by atoms with E-state index in [0.717, 1.165) is 35.1 Å². The van der Waals surface area contributed by atoms with Gasteiger partial charge in [0, 0.05) is 18.5 Å². The number of hydrogen-bond donors (Lipinski definition) is 0. The molecule has 0 N–H and O–H groups in total. The number of nitrogens with zero attached hydrogens (tertiary/aromatic N) is 7. The van der Waals surface area contributed by atoms with E-state index in [9.17, 15) is 14.9 Å². The molecule has 0 fully saturated rings. The number of hydrogen-bond acceptors (Lipinski definition) is 9. The quantitative estimate of drug-likeness (QED) is 0.117. The Morgan fingerprint density at radius 2 is 1.87 bits per heavy atom. The van der Waals surface area contributed by atoms with E-state index in [1.165, 1.54) is 11.7 Å². The second-order valence-corrected chi connectivity index (χ2v) is 8.86. The summed E-state index contributed by atoms with van der Waals surface area (Å²) in [6.07, 6.45) is 0.960. The zero-order valence-electron chi connectivity index (χ0n) is 21.1. The van der Waals surface area contributed by atoms with Crippen LogP contribution in [0.3, 0.4) is 0 Å². The van der Waals surface area contributed by atoms with Crippen molar-refractivity contribution >= 4 is 17.6 Å². The number of aromatic nitrogens is 6. The molecule has 38 heavy (non-hydrogen) atoms. The van der Waals surface area contributed by atoms with Gasteiger partial charge in [0.25, 0.3) is 5.09 Å². The first kappa shape index (κ1) is 26.7. The van der Waals surface area contributed by atoms with Crippen molar-refractivity contribution in [1.82, 2.24) is 29.8 Å². The van der Waals surface area contributed by atoms with E-state index in [2.05, 4.69) is 25.2 Å². The normalized spacial score (nSPS) is 11.8. The standard InChI is InChI=1S/C25H26ClN7O5/c1-4-5-10-21-27-23(26)22(25(34)37-16(2)38-33(35)36)32(21)15-17-11-13-18(14-12-17)19-8-6-7-9-20(19)24-28-30-31(3)29-24/h6-9,11-14,16H,4-5,10,15H2,1-3H3. The molecule has 0 aliphatic carbocycles. The van der Waals surface area contributed by atoms with Crippen LogP contribution in [-0.2, 0) is 29.6 Å². The summed E-state index contributed by atoms with van der Waals surface area (Å²) in [5.41, 5.74) is 3.66. The number of halogens is 1. The molecule has 0 saturated heterocycles. The van der Waals surface area contributed by atoms with Gasteiger partial charge >= 0.3 is 5.97 Å². The van der Waals surface area contributed by atoms with Crippen LogP contribution in [0.4, 0.5) is 0 Å². The van der Waals surface area contributed by atoms with E-state index in [-0.39, 0.29) is 10.8 Å². The van der Waals surface area contributed by atoms with Crippen LogP contribution in [0, 0.1) is 10.1 Å². The summed E-state index contributed by atoms with van der Waals surface area (Å²) in [6, 6.07) is 15.6. The van der Waals surface area contributed by atoms with Crippen molar-refractivity contribution in [2.45, 2.75) is 45.9 Å². The number of imidazole rings is 1. The molecule has 4 rings (SSSR count). The lowest BCUT2D eigenvalue weighted by atomic mass is 9.98. The molecular formula is C25H26ClN7O5. The molecule has 0 radical (unpaired) electrons. The second kappa shape index (κ2) is 11.8. The first-order chi connectivity index (χ1) is 18.3. The number of rotatable bonds is 11. The van der Waals surface area contributed by atoms with E-state index >= 15 is 0 Å². The number of ether oxygens (including phenoxy) is 1. The number of esters is 1. The molecule has 2 aromatic carbocycles. The molecule has 12 nitrogen and oxygen atoms in total. The van der Waals surface area contributed by atoms with E-state index in [1.807, 2.05) is 55.5 Å². The van der Waals surface area contributed by atoms with Crippen LogP contribution in [-0.4, -0.2) is 47.1 Å². The molecule has 0 aliphatic heterocycles. The van der Waals surface area contributed by atoms with Gasteiger partial charge in [-0.15, -0.1) is 20.3 Å². The molecule has 13 heteroatoms. The number of carbonyl (C=O) groups excluding carboxylic acids is 1. The monoisotopic (exact) mass is 539 g/mol. The lowest BCUT2D eigenvalue weighted by Gasteiger charge is -2.15. The Balaban J connectivity index is 1.63. The number of unbranched alkanes of at least 4 members (excludes halogenated alkanes) is 1. The largest absolute Gasteiger partial charge is 0.431 e. The van der Waals surface area contributed by atoms with Gasteiger partial charge in [0.2, 0.25) is 12.1 Å². The van der Waals surface area contributed by atoms with Crippen LogP contribution in [0.15, 0.2) is 48.5 Å². The third-order valence-electron chi connectivity index (χ3n) is 5.74. The minimum Gasteiger partial charge on any atom is -0.431 e. The fourth-order valence-corrected chi connectivity index (χ4v) is 4.28.